The van der Waals surface area contributed by atoms with E-state index in [0.717, 1.165) is 4.88 Å². The number of hydrogen-bond acceptors (Lipinski definition) is 4. The number of aryl methyl sites for hydroxylation is 1. The number of carbonyl (C=O) groups is 1. The maximum atomic E-state index is 12.1. The van der Waals surface area contributed by atoms with Crippen LogP contribution in [0, 0.1) is 6.92 Å². The summed E-state index contributed by atoms with van der Waals surface area (Å²) in [6.45, 7) is 1.64. The van der Waals surface area contributed by atoms with Crippen LogP contribution in [-0.4, -0.2) is 21.0 Å². The lowest BCUT2D eigenvalue weighted by Crippen LogP contribution is -2.12. The number of carboxylic acids is 1. The number of carboxylic acid groups (broad SMARTS) is 1. The van der Waals surface area contributed by atoms with Crippen molar-refractivity contribution in [1.82, 2.24) is 9.97 Å². The highest BCUT2D eigenvalue weighted by Gasteiger charge is 2.21. The first-order chi connectivity index (χ1) is 9.59. The largest absolute Gasteiger partial charge is 0.478 e. The summed E-state index contributed by atoms with van der Waals surface area (Å²) in [5.41, 5.74) is 1.09. The van der Waals surface area contributed by atoms with Gasteiger partial charge in [-0.2, -0.15) is 0 Å². The number of H-pyrrole nitrogens is 1. The standard InChI is InChI=1S/C14H10N2O3S/c1-7-10(14(18)19)12(9-3-2-6-20-9)11-8(16-7)4-5-15-13(11)17/h2-6H,1H3,(H,15,17)(H,18,19). The van der Waals surface area contributed by atoms with Crippen molar-refractivity contribution < 1.29 is 9.90 Å². The van der Waals surface area contributed by atoms with Gasteiger partial charge in [0.1, 0.15) is 0 Å². The van der Waals surface area contributed by atoms with Gasteiger partial charge in [0.2, 0.25) is 0 Å². The Morgan fingerprint density at radius 3 is 2.85 bits per heavy atom. The van der Waals surface area contributed by atoms with Crippen LogP contribution in [0.5, 0.6) is 0 Å². The molecule has 0 aliphatic heterocycles. The van der Waals surface area contributed by atoms with Crippen LogP contribution in [0.1, 0.15) is 16.1 Å². The van der Waals surface area contributed by atoms with Gasteiger partial charge in [0, 0.05) is 16.6 Å². The molecule has 0 fully saturated rings. The summed E-state index contributed by atoms with van der Waals surface area (Å²) in [6.07, 6.45) is 1.51. The summed E-state index contributed by atoms with van der Waals surface area (Å²) in [6, 6.07) is 5.30. The van der Waals surface area contributed by atoms with Crippen LogP contribution in [0.25, 0.3) is 21.3 Å². The minimum atomic E-state index is -1.08. The van der Waals surface area contributed by atoms with Gasteiger partial charge in [0.25, 0.3) is 5.56 Å². The number of nitrogens with one attached hydrogen (secondary N) is 1. The SMILES string of the molecule is Cc1nc2cc[nH]c(=O)c2c(-c2cccs2)c1C(=O)O. The zero-order valence-electron chi connectivity index (χ0n) is 10.5. The second-order valence-corrected chi connectivity index (χ2v) is 5.24. The molecule has 0 aliphatic rings. The third kappa shape index (κ3) is 1.81. The Hall–Kier alpha value is -2.47. The minimum absolute atomic E-state index is 0.0802. The average molecular weight is 286 g/mol. The number of thiophene rings is 1. The van der Waals surface area contributed by atoms with E-state index in [2.05, 4.69) is 9.97 Å². The van der Waals surface area contributed by atoms with Gasteiger partial charge in [0.15, 0.2) is 0 Å². The van der Waals surface area contributed by atoms with E-state index >= 15 is 0 Å². The maximum Gasteiger partial charge on any atom is 0.338 e. The van der Waals surface area contributed by atoms with Crippen LogP contribution in [0.15, 0.2) is 34.6 Å². The van der Waals surface area contributed by atoms with Gasteiger partial charge in [-0.3, -0.25) is 9.78 Å². The molecule has 6 heteroatoms. The quantitative estimate of drug-likeness (QED) is 0.758. The Bertz CT molecular complexity index is 866. The molecule has 0 spiro atoms. The molecule has 0 aliphatic carbocycles. The third-order valence-electron chi connectivity index (χ3n) is 3.07. The predicted molar refractivity (Wildman–Crippen MR) is 77.4 cm³/mol. The number of nitrogens with zero attached hydrogens (tertiary/aromatic N) is 1. The van der Waals surface area contributed by atoms with Gasteiger partial charge in [-0.25, -0.2) is 4.79 Å². The van der Waals surface area contributed by atoms with E-state index in [1.54, 1.807) is 19.1 Å². The Morgan fingerprint density at radius 2 is 2.20 bits per heavy atom. The molecule has 3 aromatic heterocycles. The smallest absolute Gasteiger partial charge is 0.338 e. The Morgan fingerprint density at radius 1 is 1.40 bits per heavy atom. The molecule has 3 heterocycles. The van der Waals surface area contributed by atoms with E-state index in [-0.39, 0.29) is 11.1 Å². The summed E-state index contributed by atoms with van der Waals surface area (Å²) in [4.78, 5) is 31.2. The highest BCUT2D eigenvalue weighted by Crippen LogP contribution is 2.33. The van der Waals surface area contributed by atoms with E-state index in [1.807, 2.05) is 11.4 Å². The summed E-state index contributed by atoms with van der Waals surface area (Å²) in [5.74, 6) is -1.08. The second kappa shape index (κ2) is 4.57. The monoisotopic (exact) mass is 286 g/mol. The molecule has 0 saturated heterocycles. The molecule has 0 saturated carbocycles. The third-order valence-corrected chi connectivity index (χ3v) is 3.96. The molecular weight excluding hydrogens is 276 g/mol. The summed E-state index contributed by atoms with van der Waals surface area (Å²) in [5, 5.41) is 11.6. The lowest BCUT2D eigenvalue weighted by molar-refractivity contribution is 0.0696. The van der Waals surface area contributed by atoms with E-state index in [0.29, 0.717) is 22.2 Å². The van der Waals surface area contributed by atoms with Crippen LogP contribution in [0.3, 0.4) is 0 Å². The molecule has 0 atom stereocenters. The van der Waals surface area contributed by atoms with E-state index in [1.165, 1.54) is 17.5 Å². The van der Waals surface area contributed by atoms with Gasteiger partial charge in [-0.15, -0.1) is 11.3 Å². The van der Waals surface area contributed by atoms with Crippen molar-refractivity contribution in [2.45, 2.75) is 6.92 Å². The van der Waals surface area contributed by atoms with Crippen LogP contribution >= 0.6 is 11.3 Å². The maximum absolute atomic E-state index is 12.1. The molecule has 20 heavy (non-hydrogen) atoms. The Labute approximate surface area is 117 Å². The number of aromatic amines is 1. The van der Waals surface area contributed by atoms with Crippen molar-refractivity contribution in [3.8, 4) is 10.4 Å². The van der Waals surface area contributed by atoms with E-state index < -0.39 is 5.97 Å². The van der Waals surface area contributed by atoms with Crippen LogP contribution in [-0.2, 0) is 0 Å². The first-order valence-electron chi connectivity index (χ1n) is 5.88. The summed E-state index contributed by atoms with van der Waals surface area (Å²) in [7, 11) is 0. The number of pyridine rings is 2. The molecule has 0 aromatic carbocycles. The number of fused-ring (bicyclic) bond motifs is 1. The highest BCUT2D eigenvalue weighted by atomic mass is 32.1. The van der Waals surface area contributed by atoms with Crippen LogP contribution in [0.4, 0.5) is 0 Å². The van der Waals surface area contributed by atoms with Crippen molar-refractivity contribution in [3.05, 3.63) is 51.4 Å². The van der Waals surface area contributed by atoms with E-state index in [4.69, 9.17) is 0 Å². The van der Waals surface area contributed by atoms with Crippen LogP contribution in [0.2, 0.25) is 0 Å². The first kappa shape index (κ1) is 12.6. The molecule has 5 nitrogen and oxygen atoms in total. The molecule has 3 rings (SSSR count). The summed E-state index contributed by atoms with van der Waals surface area (Å²) < 4.78 is 0. The van der Waals surface area contributed by atoms with Gasteiger partial charge < -0.3 is 10.1 Å². The summed E-state index contributed by atoms with van der Waals surface area (Å²) >= 11 is 1.40. The predicted octanol–water partition coefficient (Wildman–Crippen LogP) is 2.66. The first-order valence-corrected chi connectivity index (χ1v) is 6.76. The molecular formula is C14H10N2O3S. The fraction of sp³-hybridized carbons (Fsp3) is 0.0714. The molecule has 0 bridgehead atoms. The van der Waals surface area contributed by atoms with Gasteiger partial charge in [0.05, 0.1) is 22.2 Å². The van der Waals surface area contributed by atoms with Gasteiger partial charge in [-0.05, 0) is 24.4 Å². The lowest BCUT2D eigenvalue weighted by atomic mass is 10.0. The van der Waals surface area contributed by atoms with E-state index in [9.17, 15) is 14.7 Å². The van der Waals surface area contributed by atoms with Gasteiger partial charge >= 0.3 is 5.97 Å². The average Bonchev–Trinajstić information content (AvgIpc) is 2.90. The molecule has 3 aromatic rings. The normalized spacial score (nSPS) is 10.8. The van der Waals surface area contributed by atoms with Crippen LogP contribution < -0.4 is 5.56 Å². The van der Waals surface area contributed by atoms with Gasteiger partial charge in [-0.1, -0.05) is 6.07 Å². The number of aromatic carboxylic acids is 1. The number of rotatable bonds is 2. The minimum Gasteiger partial charge on any atom is -0.478 e. The Balaban J connectivity index is 2.59. The molecule has 0 unspecified atom stereocenters. The van der Waals surface area contributed by atoms with Crippen molar-refractivity contribution >= 4 is 28.2 Å². The van der Waals surface area contributed by atoms with Crippen molar-refractivity contribution in [1.29, 1.82) is 0 Å². The topological polar surface area (TPSA) is 83.0 Å². The fourth-order valence-electron chi connectivity index (χ4n) is 2.27. The number of hydrogen-bond donors (Lipinski definition) is 2. The van der Waals surface area contributed by atoms with Crippen molar-refractivity contribution in [2.75, 3.05) is 0 Å². The zero-order valence-corrected chi connectivity index (χ0v) is 11.3. The Kier molecular flexibility index (Phi) is 2.87. The second-order valence-electron chi connectivity index (χ2n) is 4.30. The number of aromatic nitrogens is 2. The van der Waals surface area contributed by atoms with Crippen molar-refractivity contribution in [2.24, 2.45) is 0 Å². The fourth-order valence-corrected chi connectivity index (χ4v) is 3.06. The molecule has 100 valence electrons. The molecule has 0 radical (unpaired) electrons. The highest BCUT2D eigenvalue weighted by molar-refractivity contribution is 7.13. The molecule has 2 N–H and O–H groups in total. The lowest BCUT2D eigenvalue weighted by Gasteiger charge is -2.10. The zero-order chi connectivity index (χ0) is 14.3. The molecule has 0 amide bonds. The van der Waals surface area contributed by atoms with Crippen molar-refractivity contribution in [3.63, 3.8) is 0 Å².